The molecule has 1 heterocycles. The van der Waals surface area contributed by atoms with Crippen LogP contribution < -0.4 is 0 Å². The lowest BCUT2D eigenvalue weighted by molar-refractivity contribution is 0.0696. The highest BCUT2D eigenvalue weighted by molar-refractivity contribution is 7.13. The number of rotatable bonds is 5. The summed E-state index contributed by atoms with van der Waals surface area (Å²) in [5, 5.41) is 13.2. The zero-order valence-corrected chi connectivity index (χ0v) is 18.9. The van der Waals surface area contributed by atoms with Crippen LogP contribution in [0.3, 0.4) is 0 Å². The maximum atomic E-state index is 14.3. The molecular formula is C22H15Cl3FNO2S. The molecule has 3 rings (SSSR count). The minimum atomic E-state index is -1.19. The summed E-state index contributed by atoms with van der Waals surface area (Å²) in [6, 6.07) is 9.92. The number of aromatic carboxylic acids is 1. The molecule has 0 radical (unpaired) electrons. The maximum Gasteiger partial charge on any atom is 0.336 e. The number of allylic oxidation sites excluding steroid dienone is 4. The zero-order valence-electron chi connectivity index (χ0n) is 15.8. The molecule has 154 valence electrons. The monoisotopic (exact) mass is 481 g/mol. The predicted octanol–water partition coefficient (Wildman–Crippen LogP) is 8.33. The third kappa shape index (κ3) is 4.60. The first-order valence-electron chi connectivity index (χ1n) is 8.70. The zero-order chi connectivity index (χ0) is 22.0. The normalized spacial score (nSPS) is 12.7. The molecule has 0 amide bonds. The Kier molecular flexibility index (Phi) is 6.98. The maximum absolute atomic E-state index is 14.3. The van der Waals surface area contributed by atoms with Gasteiger partial charge in [0.25, 0.3) is 0 Å². The molecule has 0 atom stereocenters. The van der Waals surface area contributed by atoms with Crippen LogP contribution in [0.5, 0.6) is 0 Å². The van der Waals surface area contributed by atoms with Crippen molar-refractivity contribution in [2.75, 3.05) is 0 Å². The Hall–Kier alpha value is -2.18. The van der Waals surface area contributed by atoms with E-state index in [1.165, 1.54) is 37.3 Å². The Morgan fingerprint density at radius 1 is 1.10 bits per heavy atom. The number of carboxylic acids is 1. The van der Waals surface area contributed by atoms with Gasteiger partial charge in [-0.1, -0.05) is 59.1 Å². The highest BCUT2D eigenvalue weighted by atomic mass is 35.5. The van der Waals surface area contributed by atoms with Crippen molar-refractivity contribution in [2.24, 2.45) is 0 Å². The van der Waals surface area contributed by atoms with E-state index in [9.17, 15) is 14.3 Å². The third-order valence-electron chi connectivity index (χ3n) is 4.32. The van der Waals surface area contributed by atoms with E-state index in [1.807, 2.05) is 5.38 Å². The number of thiazole rings is 1. The third-order valence-corrected chi connectivity index (χ3v) is 6.14. The number of carbonyl (C=O) groups is 1. The number of benzene rings is 2. The molecule has 3 nitrogen and oxygen atoms in total. The molecule has 0 saturated heterocycles. The average Bonchev–Trinajstić information content (AvgIpc) is 3.20. The first kappa shape index (κ1) is 22.5. The Balaban J connectivity index is 2.08. The lowest BCUT2D eigenvalue weighted by Crippen LogP contribution is -2.03. The Bertz CT molecular complexity index is 1200. The van der Waals surface area contributed by atoms with Crippen LogP contribution in [-0.2, 0) is 0 Å². The minimum absolute atomic E-state index is 0.0544. The van der Waals surface area contributed by atoms with Crippen molar-refractivity contribution in [3.8, 4) is 21.8 Å². The second kappa shape index (κ2) is 9.31. The smallest absolute Gasteiger partial charge is 0.336 e. The Morgan fingerprint density at radius 3 is 2.40 bits per heavy atom. The van der Waals surface area contributed by atoms with Gasteiger partial charge in [0.05, 0.1) is 21.3 Å². The van der Waals surface area contributed by atoms with E-state index < -0.39 is 11.8 Å². The van der Waals surface area contributed by atoms with Crippen molar-refractivity contribution < 1.29 is 14.3 Å². The summed E-state index contributed by atoms with van der Waals surface area (Å²) in [7, 11) is 0. The Labute approximate surface area is 192 Å². The van der Waals surface area contributed by atoms with Gasteiger partial charge in [-0.25, -0.2) is 14.2 Å². The molecular weight excluding hydrogens is 468 g/mol. The van der Waals surface area contributed by atoms with Crippen molar-refractivity contribution in [3.63, 3.8) is 0 Å². The second-order valence-electron chi connectivity index (χ2n) is 6.28. The molecule has 0 fully saturated rings. The summed E-state index contributed by atoms with van der Waals surface area (Å²) in [5.41, 5.74) is 2.27. The van der Waals surface area contributed by atoms with Gasteiger partial charge < -0.3 is 5.11 Å². The van der Waals surface area contributed by atoms with Gasteiger partial charge in [-0.3, -0.25) is 0 Å². The second-order valence-corrected chi connectivity index (χ2v) is 8.52. The number of hydrogen-bond acceptors (Lipinski definition) is 3. The number of carboxylic acid groups (broad SMARTS) is 1. The number of halogens is 4. The molecule has 8 heteroatoms. The molecule has 3 aromatic rings. The molecule has 0 saturated carbocycles. The first-order valence-corrected chi connectivity index (χ1v) is 10.7. The van der Waals surface area contributed by atoms with Crippen molar-refractivity contribution >= 4 is 57.7 Å². The van der Waals surface area contributed by atoms with Crippen LogP contribution in [0.2, 0.25) is 10.0 Å². The van der Waals surface area contributed by atoms with Crippen LogP contribution in [0, 0.1) is 0 Å². The van der Waals surface area contributed by atoms with Crippen molar-refractivity contribution in [1.82, 2.24) is 4.98 Å². The molecule has 0 unspecified atom stereocenters. The topological polar surface area (TPSA) is 50.2 Å². The predicted molar refractivity (Wildman–Crippen MR) is 123 cm³/mol. The van der Waals surface area contributed by atoms with Gasteiger partial charge in [-0.15, -0.1) is 11.3 Å². The Morgan fingerprint density at radius 2 is 1.80 bits per heavy atom. The van der Waals surface area contributed by atoms with Crippen LogP contribution in [-0.4, -0.2) is 16.1 Å². The van der Waals surface area contributed by atoms with E-state index in [4.69, 9.17) is 34.8 Å². The quantitative estimate of drug-likeness (QED) is 0.372. The van der Waals surface area contributed by atoms with E-state index in [0.29, 0.717) is 26.3 Å². The molecule has 1 N–H and O–H groups in total. The standard InChI is InChI=1S/C22H15Cl3FNO2S/c1-3-18(26)20(11(2)23)14-6-4-13(8-15(14)22(28)29)21-27-19(10-30-21)12-5-7-16(24)17(25)9-12/h3-10H,1-2H3,(H,28,29). The van der Waals surface area contributed by atoms with E-state index in [-0.39, 0.29) is 21.7 Å². The lowest BCUT2D eigenvalue weighted by Gasteiger charge is -2.12. The number of hydrogen-bond donors (Lipinski definition) is 1. The lowest BCUT2D eigenvalue weighted by atomic mass is 9.96. The van der Waals surface area contributed by atoms with Gasteiger partial charge in [0.1, 0.15) is 10.8 Å². The molecule has 1 aromatic heterocycles. The summed E-state index contributed by atoms with van der Waals surface area (Å²) in [6.07, 6.45) is 1.24. The highest BCUT2D eigenvalue weighted by Crippen LogP contribution is 2.36. The summed E-state index contributed by atoms with van der Waals surface area (Å²) >= 11 is 19.5. The van der Waals surface area contributed by atoms with Crippen molar-refractivity contribution in [1.29, 1.82) is 0 Å². The largest absolute Gasteiger partial charge is 0.478 e. The fraction of sp³-hybridized carbons (Fsp3) is 0.0909. The van der Waals surface area contributed by atoms with Gasteiger partial charge in [0.15, 0.2) is 0 Å². The van der Waals surface area contributed by atoms with Gasteiger partial charge in [-0.05, 0) is 32.0 Å². The molecule has 0 aliphatic heterocycles. The fourth-order valence-electron chi connectivity index (χ4n) is 2.89. The van der Waals surface area contributed by atoms with Crippen LogP contribution in [0.15, 0.2) is 58.7 Å². The molecule has 0 aliphatic carbocycles. The number of nitrogens with zero attached hydrogens (tertiary/aromatic N) is 1. The molecule has 0 spiro atoms. The molecule has 2 aromatic carbocycles. The molecule has 30 heavy (non-hydrogen) atoms. The van der Waals surface area contributed by atoms with Crippen molar-refractivity contribution in [3.05, 3.63) is 79.9 Å². The summed E-state index contributed by atoms with van der Waals surface area (Å²) in [5.74, 6) is -1.78. The average molecular weight is 483 g/mol. The molecule has 0 bridgehead atoms. The first-order chi connectivity index (χ1) is 14.2. The molecule has 0 aliphatic rings. The minimum Gasteiger partial charge on any atom is -0.478 e. The van der Waals surface area contributed by atoms with Gasteiger partial charge in [-0.2, -0.15) is 0 Å². The van der Waals surface area contributed by atoms with Gasteiger partial charge in [0, 0.05) is 32.7 Å². The summed E-state index contributed by atoms with van der Waals surface area (Å²) in [6.45, 7) is 3.04. The van der Waals surface area contributed by atoms with Crippen LogP contribution in [0.1, 0.15) is 29.8 Å². The fourth-order valence-corrected chi connectivity index (χ4v) is 4.21. The highest BCUT2D eigenvalue weighted by Gasteiger charge is 2.20. The van der Waals surface area contributed by atoms with Crippen LogP contribution in [0.4, 0.5) is 4.39 Å². The summed E-state index contributed by atoms with van der Waals surface area (Å²) < 4.78 is 14.3. The van der Waals surface area contributed by atoms with Gasteiger partial charge in [0.2, 0.25) is 0 Å². The van der Waals surface area contributed by atoms with Crippen molar-refractivity contribution in [2.45, 2.75) is 13.8 Å². The van der Waals surface area contributed by atoms with E-state index in [1.54, 1.807) is 30.3 Å². The van der Waals surface area contributed by atoms with Crippen LogP contribution in [0.25, 0.3) is 27.4 Å². The number of aromatic nitrogens is 1. The SMILES string of the molecule is CC=C(F)C(=C(C)Cl)c1ccc(-c2nc(-c3ccc(Cl)c(Cl)c3)cs2)cc1C(=O)O. The van der Waals surface area contributed by atoms with Crippen LogP contribution >= 0.6 is 46.1 Å². The summed E-state index contributed by atoms with van der Waals surface area (Å²) in [4.78, 5) is 16.5. The van der Waals surface area contributed by atoms with Gasteiger partial charge >= 0.3 is 5.97 Å². The van der Waals surface area contributed by atoms with E-state index >= 15 is 0 Å². The van der Waals surface area contributed by atoms with E-state index in [0.717, 1.165) is 5.56 Å². The van der Waals surface area contributed by atoms with E-state index in [2.05, 4.69) is 4.98 Å².